The van der Waals surface area contributed by atoms with E-state index in [1.54, 1.807) is 0 Å². The third kappa shape index (κ3) is 4.07. The molecule has 1 heterocycles. The summed E-state index contributed by atoms with van der Waals surface area (Å²) < 4.78 is 1.17. The molecule has 1 aromatic carbocycles. The number of Topliss-reactive ketones (excluding diaryl/α,β-unsaturated/α-hetero) is 1. The number of hydrogen-bond acceptors (Lipinski definition) is 2. The first-order chi connectivity index (χ1) is 8.25. The summed E-state index contributed by atoms with van der Waals surface area (Å²) in [7, 11) is 0. The third-order valence-corrected chi connectivity index (χ3v) is 3.95. The molecule has 92 valence electrons. The van der Waals surface area contributed by atoms with Gasteiger partial charge in [0.2, 0.25) is 0 Å². The fraction of sp³-hybridized carbons (Fsp3) is 0.500. The number of benzene rings is 1. The second kappa shape index (κ2) is 6.50. The number of nitrogens with zero attached hydrogens (tertiary/aromatic N) is 1. The minimum absolute atomic E-state index is 0.253. The van der Waals surface area contributed by atoms with Crippen LogP contribution >= 0.6 is 22.6 Å². The molecule has 0 N–H and O–H groups in total. The second-order valence-electron chi connectivity index (χ2n) is 4.62. The number of halogens is 1. The molecule has 0 atom stereocenters. The molecule has 1 aliphatic rings. The van der Waals surface area contributed by atoms with E-state index in [4.69, 9.17) is 0 Å². The van der Waals surface area contributed by atoms with Crippen LogP contribution in [0.25, 0.3) is 0 Å². The maximum atomic E-state index is 12.1. The van der Waals surface area contributed by atoms with Crippen molar-refractivity contribution in [3.8, 4) is 0 Å². The van der Waals surface area contributed by atoms with E-state index < -0.39 is 0 Å². The van der Waals surface area contributed by atoms with Gasteiger partial charge in [0.05, 0.1) is 6.54 Å². The van der Waals surface area contributed by atoms with Crippen LogP contribution in [0.15, 0.2) is 24.3 Å². The summed E-state index contributed by atoms with van der Waals surface area (Å²) in [6.45, 7) is 2.74. The monoisotopic (exact) mass is 343 g/mol. The Kier molecular flexibility index (Phi) is 4.98. The third-order valence-electron chi connectivity index (χ3n) is 3.23. The quantitative estimate of drug-likeness (QED) is 0.620. The lowest BCUT2D eigenvalue weighted by molar-refractivity contribution is 0.0933. The van der Waals surface area contributed by atoms with Crippen LogP contribution in [0.1, 0.15) is 36.0 Å². The fourth-order valence-electron chi connectivity index (χ4n) is 2.22. The predicted octanol–water partition coefficient (Wildman–Crippen LogP) is 3.35. The van der Waals surface area contributed by atoms with Gasteiger partial charge in [-0.1, -0.05) is 25.0 Å². The van der Waals surface area contributed by atoms with Crippen molar-refractivity contribution < 1.29 is 4.79 Å². The van der Waals surface area contributed by atoms with Crippen molar-refractivity contribution in [2.24, 2.45) is 0 Å². The average Bonchev–Trinajstić information content (AvgIpc) is 2.58. The van der Waals surface area contributed by atoms with Crippen LogP contribution in [0.5, 0.6) is 0 Å². The van der Waals surface area contributed by atoms with Crippen molar-refractivity contribution in [1.29, 1.82) is 0 Å². The van der Waals surface area contributed by atoms with Crippen LogP contribution in [0.3, 0.4) is 0 Å². The first-order valence-electron chi connectivity index (χ1n) is 6.27. The van der Waals surface area contributed by atoms with Gasteiger partial charge in [0.15, 0.2) is 5.78 Å². The maximum absolute atomic E-state index is 12.1. The molecule has 1 aliphatic heterocycles. The largest absolute Gasteiger partial charge is 0.296 e. The molecule has 2 nitrogen and oxygen atoms in total. The Labute approximate surface area is 117 Å². The molecular weight excluding hydrogens is 325 g/mol. The van der Waals surface area contributed by atoms with Crippen molar-refractivity contribution in [1.82, 2.24) is 4.90 Å². The Morgan fingerprint density at radius 3 is 2.24 bits per heavy atom. The predicted molar refractivity (Wildman–Crippen MR) is 78.4 cm³/mol. The van der Waals surface area contributed by atoms with Gasteiger partial charge in [-0.05, 0) is 60.7 Å². The van der Waals surface area contributed by atoms with Gasteiger partial charge in [-0.25, -0.2) is 0 Å². The summed E-state index contributed by atoms with van der Waals surface area (Å²) in [5.41, 5.74) is 0.842. The van der Waals surface area contributed by atoms with E-state index in [1.807, 2.05) is 24.3 Å². The van der Waals surface area contributed by atoms with Gasteiger partial charge in [-0.15, -0.1) is 0 Å². The summed E-state index contributed by atoms with van der Waals surface area (Å²) in [6, 6.07) is 7.86. The number of carbonyl (C=O) groups excluding carboxylic acids is 1. The smallest absolute Gasteiger partial charge is 0.176 e. The first-order valence-corrected chi connectivity index (χ1v) is 7.35. The van der Waals surface area contributed by atoms with Crippen molar-refractivity contribution in [2.75, 3.05) is 19.6 Å². The first kappa shape index (κ1) is 13.0. The van der Waals surface area contributed by atoms with E-state index >= 15 is 0 Å². The van der Waals surface area contributed by atoms with Crippen LogP contribution in [0.2, 0.25) is 0 Å². The topological polar surface area (TPSA) is 20.3 Å². The van der Waals surface area contributed by atoms with Crippen LogP contribution in [0.4, 0.5) is 0 Å². The zero-order valence-corrected chi connectivity index (χ0v) is 12.2. The summed E-state index contributed by atoms with van der Waals surface area (Å²) in [5.74, 6) is 0.253. The lowest BCUT2D eigenvalue weighted by Gasteiger charge is -2.18. The Balaban J connectivity index is 1.93. The Morgan fingerprint density at radius 1 is 1.06 bits per heavy atom. The Morgan fingerprint density at radius 2 is 1.65 bits per heavy atom. The molecule has 0 radical (unpaired) electrons. The summed E-state index contributed by atoms with van der Waals surface area (Å²) >= 11 is 2.26. The van der Waals surface area contributed by atoms with Gasteiger partial charge in [0.25, 0.3) is 0 Å². The molecule has 0 bridgehead atoms. The van der Waals surface area contributed by atoms with E-state index in [0.717, 1.165) is 18.7 Å². The molecule has 0 spiro atoms. The number of likely N-dealkylation sites (tertiary alicyclic amines) is 1. The average molecular weight is 343 g/mol. The van der Waals surface area contributed by atoms with Gasteiger partial charge in [0.1, 0.15) is 0 Å². The normalized spacial score (nSPS) is 17.7. The van der Waals surface area contributed by atoms with E-state index in [0.29, 0.717) is 6.54 Å². The number of hydrogen-bond donors (Lipinski definition) is 0. The maximum Gasteiger partial charge on any atom is 0.176 e. The molecule has 17 heavy (non-hydrogen) atoms. The number of ketones is 1. The SMILES string of the molecule is O=C(CN1CCCCCC1)c1ccc(I)cc1. The second-order valence-corrected chi connectivity index (χ2v) is 5.87. The van der Waals surface area contributed by atoms with Crippen molar-refractivity contribution in [2.45, 2.75) is 25.7 Å². The van der Waals surface area contributed by atoms with E-state index in [2.05, 4.69) is 27.5 Å². The lowest BCUT2D eigenvalue weighted by Crippen LogP contribution is -2.30. The molecule has 1 fully saturated rings. The molecule has 1 saturated heterocycles. The van der Waals surface area contributed by atoms with E-state index in [-0.39, 0.29) is 5.78 Å². The molecule has 3 heteroatoms. The van der Waals surface area contributed by atoms with Gasteiger partial charge < -0.3 is 0 Å². The lowest BCUT2D eigenvalue weighted by atomic mass is 10.1. The van der Waals surface area contributed by atoms with Crippen LogP contribution in [-0.2, 0) is 0 Å². The molecule has 0 aromatic heterocycles. The molecule has 0 unspecified atom stereocenters. The van der Waals surface area contributed by atoms with E-state index in [1.165, 1.54) is 29.3 Å². The minimum atomic E-state index is 0.253. The van der Waals surface area contributed by atoms with Crippen LogP contribution in [-0.4, -0.2) is 30.3 Å². The summed E-state index contributed by atoms with van der Waals surface area (Å²) in [6.07, 6.45) is 5.10. The molecular formula is C14H18INO. The molecule has 0 aliphatic carbocycles. The van der Waals surface area contributed by atoms with E-state index in [9.17, 15) is 4.79 Å². The standard InChI is InChI=1S/C14H18INO/c15-13-7-5-12(6-8-13)14(17)11-16-9-3-1-2-4-10-16/h5-8H,1-4,9-11H2. The zero-order valence-electron chi connectivity index (χ0n) is 9.99. The minimum Gasteiger partial charge on any atom is -0.296 e. The highest BCUT2D eigenvalue weighted by molar-refractivity contribution is 14.1. The van der Waals surface area contributed by atoms with Gasteiger partial charge >= 0.3 is 0 Å². The van der Waals surface area contributed by atoms with Gasteiger partial charge in [0, 0.05) is 9.13 Å². The zero-order chi connectivity index (χ0) is 12.1. The Hall–Kier alpha value is -0.420. The highest BCUT2D eigenvalue weighted by Crippen LogP contribution is 2.12. The van der Waals surface area contributed by atoms with Gasteiger partial charge in [-0.3, -0.25) is 9.69 Å². The van der Waals surface area contributed by atoms with Crippen molar-refractivity contribution >= 4 is 28.4 Å². The molecule has 0 amide bonds. The fourth-order valence-corrected chi connectivity index (χ4v) is 2.58. The highest BCUT2D eigenvalue weighted by atomic mass is 127. The number of carbonyl (C=O) groups is 1. The number of rotatable bonds is 3. The summed E-state index contributed by atoms with van der Waals surface area (Å²) in [4.78, 5) is 14.4. The van der Waals surface area contributed by atoms with Crippen LogP contribution < -0.4 is 0 Å². The molecule has 1 aromatic rings. The van der Waals surface area contributed by atoms with Crippen molar-refractivity contribution in [3.05, 3.63) is 33.4 Å². The van der Waals surface area contributed by atoms with Crippen LogP contribution in [0, 0.1) is 3.57 Å². The summed E-state index contributed by atoms with van der Waals surface area (Å²) in [5, 5.41) is 0. The Bertz CT molecular complexity index is 366. The molecule has 0 saturated carbocycles. The molecule has 2 rings (SSSR count). The van der Waals surface area contributed by atoms with Crippen molar-refractivity contribution in [3.63, 3.8) is 0 Å². The van der Waals surface area contributed by atoms with Gasteiger partial charge in [-0.2, -0.15) is 0 Å². The highest BCUT2D eigenvalue weighted by Gasteiger charge is 2.14.